The molecule has 3 heterocycles. The molecule has 0 radical (unpaired) electrons. The monoisotopic (exact) mass is 408 g/mol. The van der Waals surface area contributed by atoms with Gasteiger partial charge in [0, 0.05) is 68.6 Å². The largest absolute Gasteiger partial charge is 0.480 e. The molecule has 0 amide bonds. The Morgan fingerprint density at radius 3 is 2.43 bits per heavy atom. The maximum Gasteiger partial charge on any atom is 0.352 e. The highest BCUT2D eigenvalue weighted by atomic mass is 16.4. The summed E-state index contributed by atoms with van der Waals surface area (Å²) in [6, 6.07) is 10.2. The van der Waals surface area contributed by atoms with Gasteiger partial charge in [-0.2, -0.15) is 0 Å². The van der Waals surface area contributed by atoms with Crippen LogP contribution in [0.15, 0.2) is 48.8 Å². The summed E-state index contributed by atoms with van der Waals surface area (Å²) < 4.78 is 1.57. The molecule has 8 heteroatoms. The second kappa shape index (κ2) is 8.25. The summed E-state index contributed by atoms with van der Waals surface area (Å²) in [5.74, 6) is -2.15. The molecular weight excluding hydrogens is 384 g/mol. The number of hydrogen-bond donors (Lipinski definition) is 2. The van der Waals surface area contributed by atoms with Crippen LogP contribution >= 0.6 is 0 Å². The lowest BCUT2D eigenvalue weighted by molar-refractivity contribution is -0.144. The summed E-state index contributed by atoms with van der Waals surface area (Å²) in [6.07, 6.45) is 3.57. The van der Waals surface area contributed by atoms with E-state index in [-0.39, 0.29) is 5.69 Å². The van der Waals surface area contributed by atoms with Gasteiger partial charge in [0.25, 0.3) is 0 Å². The maximum atomic E-state index is 12.3. The van der Waals surface area contributed by atoms with Gasteiger partial charge in [-0.1, -0.05) is 24.3 Å². The number of carboxylic acids is 2. The van der Waals surface area contributed by atoms with Crippen LogP contribution in [-0.4, -0.2) is 67.7 Å². The minimum absolute atomic E-state index is 0.0291. The number of rotatable bonds is 6. The van der Waals surface area contributed by atoms with Crippen LogP contribution in [0.2, 0.25) is 0 Å². The Hall–Kier alpha value is -3.23. The fourth-order valence-corrected chi connectivity index (χ4v) is 4.35. The van der Waals surface area contributed by atoms with Crippen LogP contribution in [0.4, 0.5) is 0 Å². The van der Waals surface area contributed by atoms with Crippen LogP contribution in [0.1, 0.15) is 27.7 Å². The first-order valence-electron chi connectivity index (χ1n) is 9.86. The third kappa shape index (κ3) is 3.67. The van der Waals surface area contributed by atoms with Gasteiger partial charge in [-0.3, -0.25) is 19.6 Å². The number of nitrogens with zero attached hydrogens (tertiary/aromatic N) is 4. The number of aromatic nitrogens is 2. The van der Waals surface area contributed by atoms with Crippen molar-refractivity contribution < 1.29 is 19.8 Å². The molecule has 156 valence electrons. The van der Waals surface area contributed by atoms with Crippen molar-refractivity contribution in [2.75, 3.05) is 26.2 Å². The van der Waals surface area contributed by atoms with Gasteiger partial charge in [-0.05, 0) is 17.7 Å². The minimum Gasteiger partial charge on any atom is -0.480 e. The Morgan fingerprint density at radius 2 is 1.80 bits per heavy atom. The van der Waals surface area contributed by atoms with Gasteiger partial charge in [0.05, 0.1) is 0 Å². The first-order chi connectivity index (χ1) is 14.5. The highest BCUT2D eigenvalue weighted by molar-refractivity contribution is 6.01. The van der Waals surface area contributed by atoms with Crippen LogP contribution < -0.4 is 0 Å². The SMILES string of the molecule is Cn1c(C(=O)O)c(C(C(=O)O)N2CCN(Cc3cccnc3)CC2)c2ccccc21. The lowest BCUT2D eigenvalue weighted by atomic mass is 10.00. The molecule has 1 aliphatic rings. The van der Waals surface area contributed by atoms with Crippen molar-refractivity contribution in [3.8, 4) is 0 Å². The maximum absolute atomic E-state index is 12.3. The number of carboxylic acid groups (broad SMARTS) is 2. The zero-order valence-electron chi connectivity index (χ0n) is 16.7. The van der Waals surface area contributed by atoms with Gasteiger partial charge in [-0.25, -0.2) is 4.79 Å². The molecule has 8 nitrogen and oxygen atoms in total. The fraction of sp³-hybridized carbons (Fsp3) is 0.318. The molecule has 0 spiro atoms. The zero-order valence-corrected chi connectivity index (χ0v) is 16.7. The molecule has 2 aromatic heterocycles. The van der Waals surface area contributed by atoms with E-state index in [4.69, 9.17) is 0 Å². The summed E-state index contributed by atoms with van der Waals surface area (Å²) in [4.78, 5) is 32.6. The van der Waals surface area contributed by atoms with Gasteiger partial charge in [0.2, 0.25) is 0 Å². The predicted octanol–water partition coefficient (Wildman–Crippen LogP) is 2.21. The first kappa shape index (κ1) is 20.1. The van der Waals surface area contributed by atoms with E-state index in [1.54, 1.807) is 23.9 Å². The number of carbonyl (C=O) groups is 2. The van der Waals surface area contributed by atoms with E-state index in [1.165, 1.54) is 0 Å². The summed E-state index contributed by atoms with van der Waals surface area (Å²) >= 11 is 0. The standard InChI is InChI=1S/C22H24N4O4/c1-24-17-7-3-2-6-16(17)18(19(24)21(27)28)20(22(29)30)26-11-9-25(10-12-26)14-15-5-4-8-23-13-15/h2-8,13,20H,9-12,14H2,1H3,(H,27,28)(H,29,30). The summed E-state index contributed by atoms with van der Waals surface area (Å²) in [6.45, 7) is 3.24. The van der Waals surface area contributed by atoms with Crippen LogP contribution in [-0.2, 0) is 18.4 Å². The molecule has 1 unspecified atom stereocenters. The highest BCUT2D eigenvalue weighted by Crippen LogP contribution is 2.34. The van der Waals surface area contributed by atoms with Crippen LogP contribution in [0.25, 0.3) is 10.9 Å². The average molecular weight is 408 g/mol. The number of benzene rings is 1. The molecule has 1 aliphatic heterocycles. The van der Waals surface area contributed by atoms with E-state index in [2.05, 4.69) is 9.88 Å². The Bertz CT molecular complexity index is 1070. The predicted molar refractivity (Wildman–Crippen MR) is 111 cm³/mol. The number of pyridine rings is 1. The molecule has 0 saturated carbocycles. The van der Waals surface area contributed by atoms with Crippen molar-refractivity contribution in [2.45, 2.75) is 12.6 Å². The van der Waals surface area contributed by atoms with Gasteiger partial charge in [0.1, 0.15) is 11.7 Å². The smallest absolute Gasteiger partial charge is 0.352 e. The number of hydrogen-bond acceptors (Lipinski definition) is 5. The van der Waals surface area contributed by atoms with Crippen molar-refractivity contribution in [2.24, 2.45) is 7.05 Å². The molecule has 4 rings (SSSR count). The Morgan fingerprint density at radius 1 is 1.07 bits per heavy atom. The van der Waals surface area contributed by atoms with Crippen molar-refractivity contribution in [3.05, 3.63) is 65.6 Å². The fourth-order valence-electron chi connectivity index (χ4n) is 4.35. The zero-order chi connectivity index (χ0) is 21.3. The van der Waals surface area contributed by atoms with E-state index in [1.807, 2.05) is 41.4 Å². The van der Waals surface area contributed by atoms with Gasteiger partial charge >= 0.3 is 11.9 Å². The molecule has 0 aliphatic carbocycles. The normalized spacial score (nSPS) is 16.6. The molecule has 1 saturated heterocycles. The average Bonchev–Trinajstić information content (AvgIpc) is 3.03. The number of piperazine rings is 1. The Kier molecular flexibility index (Phi) is 5.52. The van der Waals surface area contributed by atoms with E-state index >= 15 is 0 Å². The van der Waals surface area contributed by atoms with E-state index < -0.39 is 18.0 Å². The second-order valence-electron chi connectivity index (χ2n) is 7.56. The van der Waals surface area contributed by atoms with Gasteiger partial charge < -0.3 is 14.8 Å². The molecule has 1 aromatic carbocycles. The number of fused-ring (bicyclic) bond motifs is 1. The van der Waals surface area contributed by atoms with E-state index in [9.17, 15) is 19.8 Å². The third-order valence-electron chi connectivity index (χ3n) is 5.76. The van der Waals surface area contributed by atoms with E-state index in [0.717, 1.165) is 12.1 Å². The van der Waals surface area contributed by atoms with Crippen molar-refractivity contribution in [1.82, 2.24) is 19.4 Å². The first-order valence-corrected chi connectivity index (χ1v) is 9.86. The van der Waals surface area contributed by atoms with Crippen LogP contribution in [0, 0.1) is 0 Å². The van der Waals surface area contributed by atoms with Crippen LogP contribution in [0.5, 0.6) is 0 Å². The number of aromatic carboxylic acids is 1. The van der Waals surface area contributed by atoms with Crippen LogP contribution in [0.3, 0.4) is 0 Å². The second-order valence-corrected chi connectivity index (χ2v) is 7.56. The topological polar surface area (TPSA) is 98.9 Å². The number of aliphatic carboxylic acids is 1. The van der Waals surface area contributed by atoms with Crippen molar-refractivity contribution in [1.29, 1.82) is 0 Å². The lowest BCUT2D eigenvalue weighted by Gasteiger charge is -2.37. The molecule has 30 heavy (non-hydrogen) atoms. The quantitative estimate of drug-likeness (QED) is 0.645. The van der Waals surface area contributed by atoms with Gasteiger partial charge in [-0.15, -0.1) is 0 Å². The number of para-hydroxylation sites is 1. The highest BCUT2D eigenvalue weighted by Gasteiger charge is 2.36. The molecular formula is C22H24N4O4. The summed E-state index contributed by atoms with van der Waals surface area (Å²) in [7, 11) is 1.67. The van der Waals surface area contributed by atoms with Gasteiger partial charge in [0.15, 0.2) is 0 Å². The Balaban J connectivity index is 1.63. The molecule has 1 atom stereocenters. The molecule has 3 aromatic rings. The molecule has 1 fully saturated rings. The van der Waals surface area contributed by atoms with Crippen molar-refractivity contribution in [3.63, 3.8) is 0 Å². The molecule has 0 bridgehead atoms. The minimum atomic E-state index is -1.12. The number of aryl methyl sites for hydroxylation is 1. The summed E-state index contributed by atoms with van der Waals surface area (Å²) in [5.41, 5.74) is 2.21. The van der Waals surface area contributed by atoms with E-state index in [0.29, 0.717) is 42.6 Å². The lowest BCUT2D eigenvalue weighted by Crippen LogP contribution is -2.49. The Labute approximate surface area is 174 Å². The molecule has 2 N–H and O–H groups in total. The van der Waals surface area contributed by atoms with Crippen molar-refractivity contribution >= 4 is 22.8 Å². The third-order valence-corrected chi connectivity index (χ3v) is 5.76. The summed E-state index contributed by atoms with van der Waals surface area (Å²) in [5, 5.41) is 20.6.